The van der Waals surface area contributed by atoms with Crippen molar-refractivity contribution in [1.29, 1.82) is 0 Å². The molecule has 0 saturated carbocycles. The number of aryl methyl sites for hydroxylation is 2. The molecular formula is C26H27N3O4. The third kappa shape index (κ3) is 5.14. The third-order valence-electron chi connectivity index (χ3n) is 5.61. The summed E-state index contributed by atoms with van der Waals surface area (Å²) in [6.07, 6.45) is 3.05. The Labute approximate surface area is 192 Å². The number of hydrogen-bond acceptors (Lipinski definition) is 5. The van der Waals surface area contributed by atoms with Crippen LogP contribution in [0.2, 0.25) is 0 Å². The lowest BCUT2D eigenvalue weighted by Crippen LogP contribution is -2.27. The molecule has 170 valence electrons. The second-order valence-electron chi connectivity index (χ2n) is 7.87. The van der Waals surface area contributed by atoms with Gasteiger partial charge in [-0.15, -0.1) is 0 Å². The molecule has 1 aromatic heterocycles. The molecule has 7 heteroatoms. The van der Waals surface area contributed by atoms with Crippen LogP contribution >= 0.6 is 0 Å². The highest BCUT2D eigenvalue weighted by molar-refractivity contribution is 6.09. The van der Waals surface area contributed by atoms with E-state index in [1.165, 1.54) is 0 Å². The highest BCUT2D eigenvalue weighted by Gasteiger charge is 2.28. The summed E-state index contributed by atoms with van der Waals surface area (Å²) in [5.41, 5.74) is 6.64. The van der Waals surface area contributed by atoms with Crippen molar-refractivity contribution in [1.82, 2.24) is 5.43 Å². The number of anilines is 1. The molecule has 2 aromatic carbocycles. The van der Waals surface area contributed by atoms with Gasteiger partial charge in [-0.3, -0.25) is 9.59 Å². The molecule has 0 unspecified atom stereocenters. The van der Waals surface area contributed by atoms with Crippen LogP contribution in [0.4, 0.5) is 5.69 Å². The Morgan fingerprint density at radius 1 is 1.06 bits per heavy atom. The fourth-order valence-electron chi connectivity index (χ4n) is 3.95. The van der Waals surface area contributed by atoms with E-state index >= 15 is 0 Å². The molecule has 0 fully saturated rings. The number of nitrogens with zero attached hydrogens (tertiary/aromatic N) is 1. The van der Waals surface area contributed by atoms with Gasteiger partial charge in [0, 0.05) is 23.2 Å². The number of para-hydroxylation sites is 2. The Kier molecular flexibility index (Phi) is 6.88. The number of furan rings is 1. The number of nitrogens with one attached hydrogen (secondary N) is 2. The normalized spacial score (nSPS) is 13.9. The van der Waals surface area contributed by atoms with Crippen LogP contribution in [0.3, 0.4) is 0 Å². The van der Waals surface area contributed by atoms with E-state index in [1.807, 2.05) is 56.3 Å². The molecule has 33 heavy (non-hydrogen) atoms. The minimum Gasteiger partial charge on any atom is -0.484 e. The number of ether oxygens (including phenoxy) is 1. The summed E-state index contributed by atoms with van der Waals surface area (Å²) < 4.78 is 11.4. The first-order valence-electron chi connectivity index (χ1n) is 11.1. The maximum absolute atomic E-state index is 13.0. The minimum atomic E-state index is -0.353. The van der Waals surface area contributed by atoms with Crippen LogP contribution in [0.25, 0.3) is 0 Å². The Morgan fingerprint density at radius 3 is 2.61 bits per heavy atom. The fraction of sp³-hybridized carbons (Fsp3) is 0.269. The van der Waals surface area contributed by atoms with Gasteiger partial charge in [0.25, 0.3) is 11.8 Å². The molecule has 2 N–H and O–H groups in total. The highest BCUT2D eigenvalue weighted by Crippen LogP contribution is 2.30. The van der Waals surface area contributed by atoms with Gasteiger partial charge in [0.2, 0.25) is 0 Å². The second-order valence-corrected chi connectivity index (χ2v) is 7.87. The number of carbonyl (C=O) groups is 2. The molecule has 2 amide bonds. The van der Waals surface area contributed by atoms with Crippen molar-refractivity contribution in [3.63, 3.8) is 0 Å². The molecule has 0 bridgehead atoms. The van der Waals surface area contributed by atoms with Gasteiger partial charge < -0.3 is 14.5 Å². The molecule has 0 radical (unpaired) electrons. The monoisotopic (exact) mass is 445 g/mol. The summed E-state index contributed by atoms with van der Waals surface area (Å²) >= 11 is 0. The van der Waals surface area contributed by atoms with E-state index in [9.17, 15) is 9.59 Å². The summed E-state index contributed by atoms with van der Waals surface area (Å²) in [6.45, 7) is 3.76. The molecule has 1 aliphatic rings. The van der Waals surface area contributed by atoms with Gasteiger partial charge in [-0.05, 0) is 49.9 Å². The maximum atomic E-state index is 13.0. The quantitative estimate of drug-likeness (QED) is 0.518. The Balaban J connectivity index is 1.47. The molecule has 7 nitrogen and oxygen atoms in total. The van der Waals surface area contributed by atoms with E-state index in [0.29, 0.717) is 17.9 Å². The summed E-state index contributed by atoms with van der Waals surface area (Å²) in [5.74, 6) is 0.975. The lowest BCUT2D eigenvalue weighted by Gasteiger charge is -2.13. The second kappa shape index (κ2) is 10.2. The fourth-order valence-corrected chi connectivity index (χ4v) is 3.95. The van der Waals surface area contributed by atoms with Gasteiger partial charge in [0.1, 0.15) is 11.5 Å². The van der Waals surface area contributed by atoms with Gasteiger partial charge in [0.05, 0.1) is 5.71 Å². The van der Waals surface area contributed by atoms with E-state index in [0.717, 1.165) is 47.4 Å². The number of fused-ring (bicyclic) bond motifs is 1. The van der Waals surface area contributed by atoms with Crippen LogP contribution in [-0.2, 0) is 17.6 Å². The number of carbonyl (C=O) groups excluding carboxylic acids is 2. The third-order valence-corrected chi connectivity index (χ3v) is 5.61. The first-order chi connectivity index (χ1) is 16.1. The zero-order chi connectivity index (χ0) is 23.2. The average molecular weight is 446 g/mol. The van der Waals surface area contributed by atoms with E-state index < -0.39 is 0 Å². The van der Waals surface area contributed by atoms with Crippen molar-refractivity contribution in [3.05, 3.63) is 82.8 Å². The van der Waals surface area contributed by atoms with Gasteiger partial charge >= 0.3 is 0 Å². The van der Waals surface area contributed by atoms with Gasteiger partial charge in [-0.1, -0.05) is 43.3 Å². The van der Waals surface area contributed by atoms with Crippen LogP contribution in [0.5, 0.6) is 5.75 Å². The largest absolute Gasteiger partial charge is 0.484 e. The molecule has 0 aliphatic heterocycles. The Bertz CT molecular complexity index is 1180. The Morgan fingerprint density at radius 2 is 1.82 bits per heavy atom. The van der Waals surface area contributed by atoms with E-state index in [2.05, 4.69) is 15.8 Å². The van der Waals surface area contributed by atoms with Crippen LogP contribution in [0.15, 0.2) is 64.1 Å². The molecule has 1 aliphatic carbocycles. The van der Waals surface area contributed by atoms with Gasteiger partial charge in [-0.2, -0.15) is 5.10 Å². The summed E-state index contributed by atoms with van der Waals surface area (Å²) in [7, 11) is 0. The highest BCUT2D eigenvalue weighted by atomic mass is 16.5. The molecule has 0 saturated heterocycles. The predicted octanol–water partition coefficient (Wildman–Crippen LogP) is 4.64. The van der Waals surface area contributed by atoms with E-state index in [1.54, 1.807) is 12.1 Å². The van der Waals surface area contributed by atoms with Crippen LogP contribution in [-0.4, -0.2) is 24.1 Å². The van der Waals surface area contributed by atoms with Crippen LogP contribution < -0.4 is 15.5 Å². The lowest BCUT2D eigenvalue weighted by molar-refractivity contribution is -0.123. The number of benzene rings is 2. The number of amides is 2. The molecule has 0 spiro atoms. The average Bonchev–Trinajstić information content (AvgIpc) is 3.19. The SMILES string of the molecule is CCc1ccccc1NC(=O)c1oc2c(c1C)/C(=N/NC(=O)COc1ccccc1)CCC2. The van der Waals surface area contributed by atoms with Crippen molar-refractivity contribution in [2.75, 3.05) is 11.9 Å². The first-order valence-corrected chi connectivity index (χ1v) is 11.1. The molecule has 0 atom stereocenters. The van der Waals surface area contributed by atoms with E-state index in [4.69, 9.17) is 9.15 Å². The standard InChI is InChI=1S/C26H27N3O4/c1-3-18-10-7-8-13-20(18)27-26(31)25-17(2)24-21(14-9-15-22(24)33-25)28-29-23(30)16-32-19-11-5-4-6-12-19/h4-8,10-13H,3,9,14-16H2,1-2H3,(H,27,31)(H,29,30)/b28-21+. The minimum absolute atomic E-state index is 0.136. The van der Waals surface area contributed by atoms with Crippen molar-refractivity contribution in [3.8, 4) is 5.75 Å². The summed E-state index contributed by atoms with van der Waals surface area (Å²) in [6, 6.07) is 16.8. The molecule has 4 rings (SSSR count). The lowest BCUT2D eigenvalue weighted by atomic mass is 9.93. The molecule has 3 aromatic rings. The number of hydrogen-bond donors (Lipinski definition) is 2. The van der Waals surface area contributed by atoms with Gasteiger partial charge in [0.15, 0.2) is 12.4 Å². The van der Waals surface area contributed by atoms with Crippen LogP contribution in [0, 0.1) is 6.92 Å². The summed E-state index contributed by atoms with van der Waals surface area (Å²) in [4.78, 5) is 25.2. The van der Waals surface area contributed by atoms with Crippen molar-refractivity contribution < 1.29 is 18.7 Å². The zero-order valence-electron chi connectivity index (χ0n) is 18.8. The molecular weight excluding hydrogens is 418 g/mol. The maximum Gasteiger partial charge on any atom is 0.291 e. The summed E-state index contributed by atoms with van der Waals surface area (Å²) in [5, 5.41) is 7.29. The smallest absolute Gasteiger partial charge is 0.291 e. The predicted molar refractivity (Wildman–Crippen MR) is 127 cm³/mol. The first kappa shape index (κ1) is 22.3. The number of hydrazone groups is 1. The molecule has 1 heterocycles. The van der Waals surface area contributed by atoms with Crippen molar-refractivity contribution >= 4 is 23.2 Å². The van der Waals surface area contributed by atoms with Crippen LogP contribution in [0.1, 0.15) is 52.8 Å². The topological polar surface area (TPSA) is 92.9 Å². The zero-order valence-corrected chi connectivity index (χ0v) is 18.8. The Hall–Kier alpha value is -3.87. The van der Waals surface area contributed by atoms with Gasteiger partial charge in [-0.25, -0.2) is 5.43 Å². The van der Waals surface area contributed by atoms with Crippen molar-refractivity contribution in [2.45, 2.75) is 39.5 Å². The number of rotatable bonds is 7. The van der Waals surface area contributed by atoms with E-state index in [-0.39, 0.29) is 24.2 Å². The van der Waals surface area contributed by atoms with Crippen molar-refractivity contribution in [2.24, 2.45) is 5.10 Å².